The molecule has 13 heteroatoms. The lowest BCUT2D eigenvalue weighted by molar-refractivity contribution is -0.155. The minimum Gasteiger partial charge on any atom is -0.487 e. The summed E-state index contributed by atoms with van der Waals surface area (Å²) in [6.07, 6.45) is 9.53. The zero-order valence-electron chi connectivity index (χ0n) is 31.1. The van der Waals surface area contributed by atoms with Crippen LogP contribution < -0.4 is 14.4 Å². The third kappa shape index (κ3) is 8.12. The maximum atomic E-state index is 13.6. The highest BCUT2D eigenvalue weighted by Gasteiger charge is 2.49. The summed E-state index contributed by atoms with van der Waals surface area (Å²) in [6.45, 7) is 8.82. The number of rotatable bonds is 3. The Morgan fingerprint density at radius 3 is 2.64 bits per heavy atom. The van der Waals surface area contributed by atoms with Crippen LogP contribution in [0.3, 0.4) is 0 Å². The van der Waals surface area contributed by atoms with Gasteiger partial charge in [0.25, 0.3) is 5.91 Å². The SMILES string of the molecule is CO[C@]1(CN2CCN3C(=O)COC[C@@H]3C2)/C=C/C[C@H](C)[C@@H](C)S(=O)(=O)NC(=O)c2ccc3c(c2)N(CCCCc2cc(Cl)ccc2CO3)C[C@@H]2CC[C@H]21. The molecule has 3 fully saturated rings. The number of morpholine rings is 1. The molecule has 2 aromatic rings. The maximum absolute atomic E-state index is 13.6. The summed E-state index contributed by atoms with van der Waals surface area (Å²) in [5, 5.41) is -0.115. The van der Waals surface area contributed by atoms with Crippen molar-refractivity contribution in [3.8, 4) is 5.75 Å². The van der Waals surface area contributed by atoms with E-state index in [2.05, 4.69) is 26.7 Å². The van der Waals surface area contributed by atoms with Gasteiger partial charge in [-0.25, -0.2) is 13.1 Å². The fourth-order valence-corrected chi connectivity index (χ4v) is 10.4. The van der Waals surface area contributed by atoms with Gasteiger partial charge in [0.2, 0.25) is 15.9 Å². The molecule has 11 nitrogen and oxygen atoms in total. The molecule has 4 heterocycles. The fourth-order valence-electron chi connectivity index (χ4n) is 8.88. The molecule has 7 rings (SSSR count). The number of amides is 2. The third-order valence-corrected chi connectivity index (χ3v) is 14.6. The van der Waals surface area contributed by atoms with Gasteiger partial charge in [-0.2, -0.15) is 0 Å². The van der Waals surface area contributed by atoms with E-state index < -0.39 is 26.8 Å². The van der Waals surface area contributed by atoms with Crippen LogP contribution in [0.25, 0.3) is 0 Å². The number of aryl methyl sites for hydroxylation is 1. The molecule has 0 radical (unpaired) electrons. The maximum Gasteiger partial charge on any atom is 0.264 e. The van der Waals surface area contributed by atoms with E-state index in [0.29, 0.717) is 50.0 Å². The van der Waals surface area contributed by atoms with Crippen molar-refractivity contribution in [2.75, 3.05) is 64.5 Å². The van der Waals surface area contributed by atoms with Gasteiger partial charge in [-0.15, -0.1) is 0 Å². The average molecular weight is 769 g/mol. The molecule has 6 atom stereocenters. The van der Waals surface area contributed by atoms with Crippen LogP contribution in [0.1, 0.15) is 67.4 Å². The van der Waals surface area contributed by atoms with Gasteiger partial charge >= 0.3 is 0 Å². The Hall–Kier alpha value is -3.16. The lowest BCUT2D eigenvalue weighted by atomic mass is 9.63. The Morgan fingerprint density at radius 1 is 1.00 bits per heavy atom. The highest BCUT2D eigenvalue weighted by atomic mass is 35.5. The highest BCUT2D eigenvalue weighted by Crippen LogP contribution is 2.47. The molecular formula is C40H53ClN4O7S. The van der Waals surface area contributed by atoms with Crippen LogP contribution in [-0.2, 0) is 37.3 Å². The molecule has 5 aliphatic rings. The van der Waals surface area contributed by atoms with Gasteiger partial charge in [0.1, 0.15) is 24.6 Å². The summed E-state index contributed by atoms with van der Waals surface area (Å²) in [6, 6.07) is 11.2. The molecule has 1 saturated carbocycles. The highest BCUT2D eigenvalue weighted by molar-refractivity contribution is 7.90. The molecule has 0 aromatic heterocycles. The molecule has 4 aliphatic heterocycles. The minimum atomic E-state index is -3.99. The van der Waals surface area contributed by atoms with Crippen molar-refractivity contribution >= 4 is 39.1 Å². The third-order valence-electron chi connectivity index (χ3n) is 12.4. The Labute approximate surface area is 319 Å². The number of carbonyl (C=O) groups is 2. The second-order valence-corrected chi connectivity index (χ2v) is 18.2. The summed E-state index contributed by atoms with van der Waals surface area (Å²) < 4.78 is 48.3. The minimum absolute atomic E-state index is 0.0125. The molecule has 2 amide bonds. The number of sulfonamides is 1. The molecule has 2 bridgehead atoms. The van der Waals surface area contributed by atoms with Crippen molar-refractivity contribution in [2.24, 2.45) is 17.8 Å². The Morgan fingerprint density at radius 2 is 1.85 bits per heavy atom. The van der Waals surface area contributed by atoms with Gasteiger partial charge in [0.05, 0.1) is 23.6 Å². The number of nitrogens with zero attached hydrogens (tertiary/aromatic N) is 3. The van der Waals surface area contributed by atoms with Crippen molar-refractivity contribution in [1.29, 1.82) is 0 Å². The van der Waals surface area contributed by atoms with Crippen LogP contribution in [0.5, 0.6) is 5.75 Å². The summed E-state index contributed by atoms with van der Waals surface area (Å²) in [5.74, 6) is 0.266. The second-order valence-electron chi connectivity index (χ2n) is 15.7. The average Bonchev–Trinajstić information content (AvgIpc) is 3.15. The van der Waals surface area contributed by atoms with Gasteiger partial charge in [-0.05, 0) is 105 Å². The fraction of sp³-hybridized carbons (Fsp3) is 0.600. The number of hydrogen-bond acceptors (Lipinski definition) is 9. The summed E-state index contributed by atoms with van der Waals surface area (Å²) in [4.78, 5) is 32.9. The number of anilines is 1. The van der Waals surface area contributed by atoms with Crippen LogP contribution in [0.4, 0.5) is 5.69 Å². The first-order chi connectivity index (χ1) is 25.5. The number of fused-ring (bicyclic) bond motifs is 4. The van der Waals surface area contributed by atoms with E-state index >= 15 is 0 Å². The monoisotopic (exact) mass is 768 g/mol. The molecule has 1 N–H and O–H groups in total. The van der Waals surface area contributed by atoms with Crippen molar-refractivity contribution in [2.45, 2.75) is 75.9 Å². The number of methoxy groups -OCH3 is 1. The molecule has 2 saturated heterocycles. The Bertz CT molecular complexity index is 1820. The first-order valence-electron chi connectivity index (χ1n) is 19.1. The van der Waals surface area contributed by atoms with E-state index in [1.165, 1.54) is 5.56 Å². The van der Waals surface area contributed by atoms with E-state index in [4.69, 9.17) is 25.8 Å². The quantitative estimate of drug-likeness (QED) is 0.428. The number of ether oxygens (including phenoxy) is 3. The summed E-state index contributed by atoms with van der Waals surface area (Å²) in [7, 11) is -2.20. The molecule has 0 unspecified atom stereocenters. The number of nitrogens with one attached hydrogen (secondary N) is 1. The first-order valence-corrected chi connectivity index (χ1v) is 21.1. The Kier molecular flexibility index (Phi) is 11.4. The number of piperazine rings is 1. The Balaban J connectivity index is 1.25. The van der Waals surface area contributed by atoms with Gasteiger partial charge in [0.15, 0.2) is 0 Å². The van der Waals surface area contributed by atoms with Gasteiger partial charge in [0, 0.05) is 57.0 Å². The van der Waals surface area contributed by atoms with E-state index in [0.717, 1.165) is 63.0 Å². The first kappa shape index (κ1) is 38.1. The number of benzene rings is 2. The topological polar surface area (TPSA) is 118 Å². The lowest BCUT2D eigenvalue weighted by Gasteiger charge is -2.52. The number of hydrogen-bond donors (Lipinski definition) is 1. The second kappa shape index (κ2) is 15.9. The standard InChI is InChI=1S/C40H53ClN4O7S/c1-27-7-6-15-40(50-3,26-43-17-18-45-34(22-43)24-51-25-38(45)46)35-13-10-31(35)21-44-16-5-4-8-29-19-33(41)12-9-32(29)23-52-37-14-11-30(20-36(37)44)39(47)42-53(48,49)28(27)2/h6,9,11-12,14-15,19-20,27-28,31,34-35H,4-5,7-8,10,13,16-18,21-26H2,1-3H3,(H,42,47)/b15-6+/t27-,28+,31-,34-,35+,40-/m0/s1. The largest absolute Gasteiger partial charge is 0.487 e. The predicted octanol–water partition coefficient (Wildman–Crippen LogP) is 5.06. The summed E-state index contributed by atoms with van der Waals surface area (Å²) >= 11 is 6.40. The van der Waals surface area contributed by atoms with Crippen LogP contribution in [0.2, 0.25) is 5.02 Å². The molecule has 2 aromatic carbocycles. The van der Waals surface area contributed by atoms with Crippen molar-refractivity contribution < 1.29 is 32.2 Å². The van der Waals surface area contributed by atoms with Gasteiger partial charge in [-0.1, -0.05) is 36.7 Å². The van der Waals surface area contributed by atoms with Crippen LogP contribution in [0.15, 0.2) is 48.6 Å². The van der Waals surface area contributed by atoms with E-state index in [9.17, 15) is 18.0 Å². The van der Waals surface area contributed by atoms with Crippen molar-refractivity contribution in [3.63, 3.8) is 0 Å². The zero-order valence-corrected chi connectivity index (χ0v) is 32.7. The van der Waals surface area contributed by atoms with Crippen molar-refractivity contribution in [1.82, 2.24) is 14.5 Å². The van der Waals surface area contributed by atoms with E-state index in [1.807, 2.05) is 30.0 Å². The zero-order chi connectivity index (χ0) is 37.3. The van der Waals surface area contributed by atoms with Crippen LogP contribution >= 0.6 is 11.6 Å². The lowest BCUT2D eigenvalue weighted by Crippen LogP contribution is -2.63. The molecule has 0 spiro atoms. The van der Waals surface area contributed by atoms with E-state index in [-0.39, 0.29) is 41.9 Å². The van der Waals surface area contributed by atoms with Crippen LogP contribution in [-0.4, -0.2) is 107 Å². The number of allylic oxidation sites excluding steroid dienone is 1. The molecule has 1 aliphatic carbocycles. The molecule has 288 valence electrons. The number of halogens is 1. The van der Waals surface area contributed by atoms with Crippen molar-refractivity contribution in [3.05, 3.63) is 70.3 Å². The summed E-state index contributed by atoms with van der Waals surface area (Å²) in [5.41, 5.74) is 2.66. The number of carbonyl (C=O) groups excluding carboxylic acids is 2. The van der Waals surface area contributed by atoms with Gasteiger partial charge in [-0.3, -0.25) is 14.5 Å². The van der Waals surface area contributed by atoms with Gasteiger partial charge < -0.3 is 24.0 Å². The normalized spacial score (nSPS) is 31.7. The van der Waals surface area contributed by atoms with E-state index in [1.54, 1.807) is 32.2 Å². The van der Waals surface area contributed by atoms with Crippen LogP contribution in [0, 0.1) is 17.8 Å². The molecule has 53 heavy (non-hydrogen) atoms. The molecular weight excluding hydrogens is 716 g/mol. The predicted molar refractivity (Wildman–Crippen MR) is 205 cm³/mol. The smallest absolute Gasteiger partial charge is 0.264 e.